The molecule has 5 heteroatoms. The summed E-state index contributed by atoms with van der Waals surface area (Å²) >= 11 is 0. The molecule has 1 heterocycles. The van der Waals surface area contributed by atoms with Gasteiger partial charge in [0.05, 0.1) is 12.2 Å². The summed E-state index contributed by atoms with van der Waals surface area (Å²) in [6.45, 7) is 5.14. The molecule has 0 atom stereocenters. The lowest BCUT2D eigenvalue weighted by molar-refractivity contribution is -0.136. The summed E-state index contributed by atoms with van der Waals surface area (Å²) in [5.74, 6) is 0.617. The normalized spacial score (nSPS) is 13.7. The second-order valence-corrected chi connectivity index (χ2v) is 8.84. The summed E-state index contributed by atoms with van der Waals surface area (Å²) in [4.78, 5) is 30.3. The molecule has 1 aliphatic heterocycles. The van der Waals surface area contributed by atoms with Gasteiger partial charge in [-0.25, -0.2) is 0 Å². The number of para-hydroxylation sites is 1. The standard InChI is InChI=1S/C29H30N2O3/c1-21(2)20-34-25-16-14-23(15-17-25)26-27(30(3)24-12-8-5-9-13-24)29(33)31(28(26)32)19-18-22-10-6-4-7-11-22/h4-17,21H,18-20H2,1-3H3. The monoisotopic (exact) mass is 454 g/mol. The number of rotatable bonds is 9. The van der Waals surface area contributed by atoms with Crippen LogP contribution >= 0.6 is 0 Å². The number of anilines is 1. The van der Waals surface area contributed by atoms with Crippen molar-refractivity contribution in [1.82, 2.24) is 4.90 Å². The average molecular weight is 455 g/mol. The largest absolute Gasteiger partial charge is 0.493 e. The van der Waals surface area contributed by atoms with Crippen LogP contribution in [0.1, 0.15) is 25.0 Å². The lowest BCUT2D eigenvalue weighted by Gasteiger charge is -2.21. The number of hydrogen-bond donors (Lipinski definition) is 0. The summed E-state index contributed by atoms with van der Waals surface area (Å²) in [6, 6.07) is 26.9. The van der Waals surface area contributed by atoms with E-state index in [1.54, 1.807) is 4.90 Å². The molecule has 0 spiro atoms. The molecule has 174 valence electrons. The third kappa shape index (κ3) is 5.04. The Balaban J connectivity index is 1.66. The molecular weight excluding hydrogens is 424 g/mol. The smallest absolute Gasteiger partial charge is 0.278 e. The van der Waals surface area contributed by atoms with Crippen LogP contribution in [0.15, 0.2) is 90.6 Å². The number of carbonyl (C=O) groups excluding carboxylic acids is 2. The van der Waals surface area contributed by atoms with Gasteiger partial charge in [-0.05, 0) is 47.7 Å². The summed E-state index contributed by atoms with van der Waals surface area (Å²) in [7, 11) is 1.83. The highest BCUT2D eigenvalue weighted by molar-refractivity contribution is 6.36. The van der Waals surface area contributed by atoms with E-state index in [0.29, 0.717) is 42.3 Å². The Labute approximate surface area is 201 Å². The quantitative estimate of drug-likeness (QED) is 0.418. The Hall–Kier alpha value is -3.86. The molecule has 0 aliphatic carbocycles. The summed E-state index contributed by atoms with van der Waals surface area (Å²) in [5.41, 5.74) is 3.44. The topological polar surface area (TPSA) is 49.9 Å². The highest BCUT2D eigenvalue weighted by Crippen LogP contribution is 2.34. The van der Waals surface area contributed by atoms with Crippen LogP contribution in [0, 0.1) is 5.92 Å². The third-order valence-corrected chi connectivity index (χ3v) is 5.82. The maximum absolute atomic E-state index is 13.6. The van der Waals surface area contributed by atoms with Gasteiger partial charge in [0, 0.05) is 19.3 Å². The van der Waals surface area contributed by atoms with E-state index in [2.05, 4.69) is 13.8 Å². The van der Waals surface area contributed by atoms with E-state index in [4.69, 9.17) is 4.74 Å². The first kappa shape index (κ1) is 23.3. The van der Waals surface area contributed by atoms with E-state index < -0.39 is 0 Å². The van der Waals surface area contributed by atoms with Crippen molar-refractivity contribution in [3.63, 3.8) is 0 Å². The highest BCUT2D eigenvalue weighted by atomic mass is 16.5. The lowest BCUT2D eigenvalue weighted by atomic mass is 10.0. The first-order chi connectivity index (χ1) is 16.5. The van der Waals surface area contributed by atoms with E-state index in [-0.39, 0.29) is 11.8 Å². The first-order valence-electron chi connectivity index (χ1n) is 11.6. The van der Waals surface area contributed by atoms with Gasteiger partial charge in [-0.3, -0.25) is 14.5 Å². The molecule has 1 aliphatic rings. The molecule has 3 aromatic carbocycles. The minimum Gasteiger partial charge on any atom is -0.493 e. The predicted molar refractivity (Wildman–Crippen MR) is 135 cm³/mol. The number of likely N-dealkylation sites (N-methyl/N-ethyl adjacent to an activating group) is 1. The van der Waals surface area contributed by atoms with Gasteiger partial charge < -0.3 is 9.64 Å². The summed E-state index contributed by atoms with van der Waals surface area (Å²) < 4.78 is 5.80. The van der Waals surface area contributed by atoms with Gasteiger partial charge >= 0.3 is 0 Å². The number of ether oxygens (including phenoxy) is 1. The van der Waals surface area contributed by atoms with Crippen molar-refractivity contribution < 1.29 is 14.3 Å². The third-order valence-electron chi connectivity index (χ3n) is 5.82. The fourth-order valence-corrected chi connectivity index (χ4v) is 3.98. The van der Waals surface area contributed by atoms with E-state index >= 15 is 0 Å². The van der Waals surface area contributed by atoms with Crippen molar-refractivity contribution in [3.05, 3.63) is 102 Å². The fraction of sp³-hybridized carbons (Fsp3) is 0.241. The van der Waals surface area contributed by atoms with Gasteiger partial charge in [-0.1, -0.05) is 74.5 Å². The molecule has 3 aromatic rings. The van der Waals surface area contributed by atoms with Gasteiger partial charge in [-0.15, -0.1) is 0 Å². The number of imide groups is 1. The molecule has 0 N–H and O–H groups in total. The Morgan fingerprint density at radius 1 is 0.824 bits per heavy atom. The van der Waals surface area contributed by atoms with Gasteiger partial charge in [0.2, 0.25) is 0 Å². The van der Waals surface area contributed by atoms with E-state index in [1.807, 2.05) is 92.0 Å². The molecular formula is C29H30N2O3. The maximum Gasteiger partial charge on any atom is 0.278 e. The first-order valence-corrected chi connectivity index (χ1v) is 11.6. The van der Waals surface area contributed by atoms with Crippen LogP contribution < -0.4 is 9.64 Å². The van der Waals surface area contributed by atoms with Crippen molar-refractivity contribution in [3.8, 4) is 5.75 Å². The Morgan fingerprint density at radius 2 is 1.44 bits per heavy atom. The van der Waals surface area contributed by atoms with E-state index in [1.165, 1.54) is 4.90 Å². The zero-order chi connectivity index (χ0) is 24.1. The summed E-state index contributed by atoms with van der Waals surface area (Å²) in [6.07, 6.45) is 0.607. The highest BCUT2D eigenvalue weighted by Gasteiger charge is 2.40. The SMILES string of the molecule is CC(C)COc1ccc(C2=C(N(C)c3ccccc3)C(=O)N(CCc3ccccc3)C2=O)cc1. The number of amides is 2. The maximum atomic E-state index is 13.6. The van der Waals surface area contributed by atoms with Crippen molar-refractivity contribution in [1.29, 1.82) is 0 Å². The summed E-state index contributed by atoms with van der Waals surface area (Å²) in [5, 5.41) is 0. The van der Waals surface area contributed by atoms with Crippen LogP contribution in [0.5, 0.6) is 5.75 Å². The fourth-order valence-electron chi connectivity index (χ4n) is 3.98. The molecule has 0 bridgehead atoms. The van der Waals surface area contributed by atoms with Crippen molar-refractivity contribution in [2.24, 2.45) is 5.92 Å². The lowest BCUT2D eigenvalue weighted by Crippen LogP contribution is -2.35. The average Bonchev–Trinajstić information content (AvgIpc) is 3.11. The zero-order valence-electron chi connectivity index (χ0n) is 19.9. The molecule has 0 saturated carbocycles. The number of nitrogens with zero attached hydrogens (tertiary/aromatic N) is 2. The van der Waals surface area contributed by atoms with Crippen LogP contribution in [0.3, 0.4) is 0 Å². The van der Waals surface area contributed by atoms with Crippen molar-refractivity contribution in [2.45, 2.75) is 20.3 Å². The van der Waals surface area contributed by atoms with Crippen molar-refractivity contribution >= 4 is 23.1 Å². The van der Waals surface area contributed by atoms with E-state index in [9.17, 15) is 9.59 Å². The van der Waals surface area contributed by atoms with Crippen LogP contribution in [-0.4, -0.2) is 36.9 Å². The van der Waals surface area contributed by atoms with Crippen LogP contribution in [0.25, 0.3) is 5.57 Å². The predicted octanol–water partition coefficient (Wildman–Crippen LogP) is 5.18. The number of hydrogen-bond acceptors (Lipinski definition) is 4. The van der Waals surface area contributed by atoms with Crippen LogP contribution in [0.4, 0.5) is 5.69 Å². The van der Waals surface area contributed by atoms with E-state index in [0.717, 1.165) is 17.0 Å². The minimum absolute atomic E-state index is 0.269. The molecule has 0 fully saturated rings. The number of benzene rings is 3. The van der Waals surface area contributed by atoms with Crippen LogP contribution in [0.2, 0.25) is 0 Å². The molecule has 0 unspecified atom stereocenters. The minimum atomic E-state index is -0.276. The van der Waals surface area contributed by atoms with Crippen molar-refractivity contribution in [2.75, 3.05) is 25.1 Å². The van der Waals surface area contributed by atoms with Gasteiger partial charge in [0.15, 0.2) is 0 Å². The molecule has 4 rings (SSSR count). The molecule has 2 amide bonds. The molecule has 34 heavy (non-hydrogen) atoms. The van der Waals surface area contributed by atoms with Gasteiger partial charge in [0.25, 0.3) is 11.8 Å². The Bertz CT molecular complexity index is 1170. The Kier molecular flexibility index (Phi) is 7.12. The van der Waals surface area contributed by atoms with Crippen LogP contribution in [-0.2, 0) is 16.0 Å². The van der Waals surface area contributed by atoms with Gasteiger partial charge in [-0.2, -0.15) is 0 Å². The second kappa shape index (κ2) is 10.4. The molecule has 0 saturated heterocycles. The second-order valence-electron chi connectivity index (χ2n) is 8.84. The molecule has 0 aromatic heterocycles. The zero-order valence-corrected chi connectivity index (χ0v) is 19.9. The number of carbonyl (C=O) groups is 2. The molecule has 0 radical (unpaired) electrons. The Morgan fingerprint density at radius 3 is 2.06 bits per heavy atom. The van der Waals surface area contributed by atoms with Gasteiger partial charge in [0.1, 0.15) is 11.4 Å². The molecule has 5 nitrogen and oxygen atoms in total.